The van der Waals surface area contributed by atoms with Crippen LogP contribution in [0.2, 0.25) is 0 Å². The summed E-state index contributed by atoms with van der Waals surface area (Å²) >= 11 is 0. The molecule has 4 nitrogen and oxygen atoms in total. The summed E-state index contributed by atoms with van der Waals surface area (Å²) in [7, 11) is 4.35. The van der Waals surface area contributed by atoms with Gasteiger partial charge in [-0.2, -0.15) is 0 Å². The van der Waals surface area contributed by atoms with Crippen LogP contribution >= 0.6 is 0 Å². The lowest BCUT2D eigenvalue weighted by Gasteiger charge is -2.22. The van der Waals surface area contributed by atoms with Crippen molar-refractivity contribution in [2.75, 3.05) is 50.5 Å². The number of nitrogens with one attached hydrogen (secondary N) is 1. The number of aromatic nitrogens is 1. The van der Waals surface area contributed by atoms with Crippen LogP contribution in [-0.2, 0) is 0 Å². The van der Waals surface area contributed by atoms with Crippen molar-refractivity contribution in [1.29, 1.82) is 0 Å². The first-order valence-electron chi connectivity index (χ1n) is 7.29. The molecule has 4 heteroatoms. The first-order valence-corrected chi connectivity index (χ1v) is 7.29. The van der Waals surface area contributed by atoms with Crippen molar-refractivity contribution >= 4 is 11.6 Å². The van der Waals surface area contributed by atoms with Gasteiger partial charge in [0.2, 0.25) is 0 Å². The third-order valence-electron chi connectivity index (χ3n) is 3.70. The monoisotopic (exact) mass is 262 g/mol. The van der Waals surface area contributed by atoms with Crippen molar-refractivity contribution in [3.05, 3.63) is 18.2 Å². The second kappa shape index (κ2) is 6.75. The van der Waals surface area contributed by atoms with Gasteiger partial charge < -0.3 is 15.1 Å². The summed E-state index contributed by atoms with van der Waals surface area (Å²) < 4.78 is 0. The number of anilines is 2. The van der Waals surface area contributed by atoms with E-state index < -0.39 is 0 Å². The third-order valence-corrected chi connectivity index (χ3v) is 3.70. The summed E-state index contributed by atoms with van der Waals surface area (Å²) in [6, 6.07) is 6.21. The zero-order chi connectivity index (χ0) is 13.7. The Bertz CT molecular complexity index is 393. The second-order valence-corrected chi connectivity index (χ2v) is 5.61. The molecule has 1 saturated heterocycles. The maximum absolute atomic E-state index is 4.67. The van der Waals surface area contributed by atoms with Gasteiger partial charge in [-0.3, -0.25) is 0 Å². The van der Waals surface area contributed by atoms with Crippen LogP contribution in [0.4, 0.5) is 11.6 Å². The maximum atomic E-state index is 4.67. The molecule has 0 spiro atoms. The van der Waals surface area contributed by atoms with Gasteiger partial charge in [0.1, 0.15) is 11.6 Å². The van der Waals surface area contributed by atoms with Crippen LogP contribution in [-0.4, -0.2) is 50.2 Å². The Morgan fingerprint density at radius 2 is 2.32 bits per heavy atom. The molecule has 0 radical (unpaired) electrons. The minimum Gasteiger partial charge on any atom is -0.370 e. The maximum Gasteiger partial charge on any atom is 0.130 e. The normalized spacial score (nSPS) is 19.6. The molecule has 1 aromatic heterocycles. The lowest BCUT2D eigenvalue weighted by molar-refractivity contribution is 0.395. The number of hydrogen-bond donors (Lipinski definition) is 1. The summed E-state index contributed by atoms with van der Waals surface area (Å²) in [5.41, 5.74) is 0. The summed E-state index contributed by atoms with van der Waals surface area (Å²) in [5, 5.41) is 3.34. The zero-order valence-corrected chi connectivity index (χ0v) is 12.4. The minimum absolute atomic E-state index is 0.768. The number of hydrogen-bond acceptors (Lipinski definition) is 4. The minimum atomic E-state index is 0.768. The van der Waals surface area contributed by atoms with E-state index in [9.17, 15) is 0 Å². The third kappa shape index (κ3) is 4.10. The quantitative estimate of drug-likeness (QED) is 0.852. The lowest BCUT2D eigenvalue weighted by atomic mass is 10.1. The van der Waals surface area contributed by atoms with E-state index in [1.54, 1.807) is 0 Å². The smallest absolute Gasteiger partial charge is 0.130 e. The van der Waals surface area contributed by atoms with E-state index >= 15 is 0 Å². The van der Waals surface area contributed by atoms with Gasteiger partial charge in [0.05, 0.1) is 0 Å². The number of rotatable bonds is 6. The van der Waals surface area contributed by atoms with Crippen molar-refractivity contribution in [2.24, 2.45) is 5.92 Å². The Morgan fingerprint density at radius 1 is 1.47 bits per heavy atom. The summed E-state index contributed by atoms with van der Waals surface area (Å²) in [6.45, 7) is 6.67. The van der Waals surface area contributed by atoms with Crippen molar-refractivity contribution in [2.45, 2.75) is 19.8 Å². The molecule has 1 aliphatic heterocycles. The molecule has 1 N–H and O–H groups in total. The van der Waals surface area contributed by atoms with Gasteiger partial charge in [-0.25, -0.2) is 4.98 Å². The van der Waals surface area contributed by atoms with Crippen LogP contribution in [0.3, 0.4) is 0 Å². The van der Waals surface area contributed by atoms with Gasteiger partial charge in [0.15, 0.2) is 0 Å². The SMILES string of the molecule is CCCNc1cccc(N(C)CC2CCN(C)C2)n1. The van der Waals surface area contributed by atoms with Gasteiger partial charge in [-0.05, 0) is 44.5 Å². The molecule has 0 aliphatic carbocycles. The molecule has 1 unspecified atom stereocenters. The fourth-order valence-corrected chi connectivity index (χ4v) is 2.64. The van der Waals surface area contributed by atoms with Crippen molar-refractivity contribution in [1.82, 2.24) is 9.88 Å². The summed E-state index contributed by atoms with van der Waals surface area (Å²) in [6.07, 6.45) is 2.42. The van der Waals surface area contributed by atoms with Crippen LogP contribution in [0.5, 0.6) is 0 Å². The van der Waals surface area contributed by atoms with Crippen LogP contribution in [0, 0.1) is 5.92 Å². The molecule has 2 rings (SSSR count). The Balaban J connectivity index is 1.92. The van der Waals surface area contributed by atoms with E-state index in [-0.39, 0.29) is 0 Å². The molecule has 0 amide bonds. The summed E-state index contributed by atoms with van der Waals surface area (Å²) in [5.74, 6) is 2.81. The average Bonchev–Trinajstić information content (AvgIpc) is 2.82. The second-order valence-electron chi connectivity index (χ2n) is 5.61. The summed E-state index contributed by atoms with van der Waals surface area (Å²) in [4.78, 5) is 9.36. The molecule has 0 saturated carbocycles. The molecule has 2 heterocycles. The highest BCUT2D eigenvalue weighted by atomic mass is 15.2. The van der Waals surface area contributed by atoms with E-state index in [4.69, 9.17) is 0 Å². The van der Waals surface area contributed by atoms with Crippen LogP contribution < -0.4 is 10.2 Å². The van der Waals surface area contributed by atoms with Crippen molar-refractivity contribution in [3.8, 4) is 0 Å². The highest BCUT2D eigenvalue weighted by Gasteiger charge is 2.21. The first-order chi connectivity index (χ1) is 9.19. The zero-order valence-electron chi connectivity index (χ0n) is 12.4. The molecular weight excluding hydrogens is 236 g/mol. The first kappa shape index (κ1) is 14.1. The fraction of sp³-hybridized carbons (Fsp3) is 0.667. The molecule has 1 fully saturated rings. The van der Waals surface area contributed by atoms with E-state index in [1.165, 1.54) is 19.5 Å². The Hall–Kier alpha value is -1.29. The topological polar surface area (TPSA) is 31.4 Å². The van der Waals surface area contributed by atoms with Gasteiger partial charge in [0, 0.05) is 26.7 Å². The van der Waals surface area contributed by atoms with Crippen LogP contribution in [0.25, 0.3) is 0 Å². The Labute approximate surface area is 116 Å². The number of nitrogens with zero attached hydrogens (tertiary/aromatic N) is 3. The van der Waals surface area contributed by atoms with E-state index in [2.05, 4.69) is 53.3 Å². The number of likely N-dealkylation sites (tertiary alicyclic amines) is 1. The highest BCUT2D eigenvalue weighted by molar-refractivity contribution is 5.46. The molecule has 0 aromatic carbocycles. The number of pyridine rings is 1. The van der Waals surface area contributed by atoms with Crippen LogP contribution in [0.15, 0.2) is 18.2 Å². The van der Waals surface area contributed by atoms with Gasteiger partial charge in [-0.1, -0.05) is 13.0 Å². The Morgan fingerprint density at radius 3 is 3.00 bits per heavy atom. The van der Waals surface area contributed by atoms with Crippen molar-refractivity contribution in [3.63, 3.8) is 0 Å². The van der Waals surface area contributed by atoms with Gasteiger partial charge in [-0.15, -0.1) is 0 Å². The largest absolute Gasteiger partial charge is 0.370 e. The van der Waals surface area contributed by atoms with E-state index in [0.29, 0.717) is 0 Å². The van der Waals surface area contributed by atoms with Crippen molar-refractivity contribution < 1.29 is 0 Å². The highest BCUT2D eigenvalue weighted by Crippen LogP contribution is 2.19. The molecule has 106 valence electrons. The molecule has 19 heavy (non-hydrogen) atoms. The lowest BCUT2D eigenvalue weighted by Crippen LogP contribution is -2.27. The predicted molar refractivity (Wildman–Crippen MR) is 81.9 cm³/mol. The molecule has 0 bridgehead atoms. The molecular formula is C15H26N4. The molecule has 1 aliphatic rings. The van der Waals surface area contributed by atoms with Gasteiger partial charge >= 0.3 is 0 Å². The van der Waals surface area contributed by atoms with E-state index in [0.717, 1.165) is 37.1 Å². The molecule has 1 aromatic rings. The predicted octanol–water partition coefficient (Wildman–Crippen LogP) is 2.29. The standard InChI is InChI=1S/C15H26N4/c1-4-9-16-14-6-5-7-15(17-14)19(3)12-13-8-10-18(2)11-13/h5-7,13H,4,8-12H2,1-3H3,(H,16,17). The molecule has 1 atom stereocenters. The van der Waals surface area contributed by atoms with Crippen LogP contribution in [0.1, 0.15) is 19.8 Å². The Kier molecular flexibility index (Phi) is 5.02. The van der Waals surface area contributed by atoms with E-state index in [1.807, 2.05) is 6.07 Å². The average molecular weight is 262 g/mol. The van der Waals surface area contributed by atoms with Gasteiger partial charge in [0.25, 0.3) is 0 Å². The fourth-order valence-electron chi connectivity index (χ4n) is 2.64.